The van der Waals surface area contributed by atoms with Crippen LogP contribution in [0.25, 0.3) is 0 Å². The van der Waals surface area contributed by atoms with Crippen LogP contribution in [0, 0.1) is 0 Å². The van der Waals surface area contributed by atoms with Crippen molar-refractivity contribution in [3.8, 4) is 11.5 Å². The number of likely N-dealkylation sites (tertiary alicyclic amines) is 1. The number of nitrogens with zero attached hydrogens (tertiary/aromatic N) is 2. The molecule has 1 fully saturated rings. The van der Waals surface area contributed by atoms with Gasteiger partial charge in [0.25, 0.3) is 5.91 Å². The minimum absolute atomic E-state index is 0.0141. The van der Waals surface area contributed by atoms with Crippen molar-refractivity contribution in [2.45, 2.75) is 19.0 Å². The molecule has 0 bridgehead atoms. The summed E-state index contributed by atoms with van der Waals surface area (Å²) in [6, 6.07) is 8.12. The average Bonchev–Trinajstić information content (AvgIpc) is 3.07. The van der Waals surface area contributed by atoms with Gasteiger partial charge in [-0.1, -0.05) is 6.07 Å². The van der Waals surface area contributed by atoms with E-state index in [1.54, 1.807) is 26.4 Å². The van der Waals surface area contributed by atoms with Crippen LogP contribution < -0.4 is 9.47 Å². The van der Waals surface area contributed by atoms with Gasteiger partial charge in [-0.2, -0.15) is 0 Å². The smallest absolute Gasteiger partial charge is 0.257 e. The summed E-state index contributed by atoms with van der Waals surface area (Å²) in [7, 11) is 3.15. The van der Waals surface area contributed by atoms with Crippen molar-refractivity contribution in [3.63, 3.8) is 0 Å². The molecule has 6 heteroatoms. The molecule has 0 atom stereocenters. The van der Waals surface area contributed by atoms with E-state index < -0.39 is 0 Å². The molecule has 4 rings (SSSR count). The summed E-state index contributed by atoms with van der Waals surface area (Å²) in [5, 5.41) is 2.18. The fourth-order valence-electron chi connectivity index (χ4n) is 3.66. The topological polar surface area (TPSA) is 42.0 Å². The van der Waals surface area contributed by atoms with Crippen LogP contribution in [0.3, 0.4) is 0 Å². The molecular formula is C19H22N2O3S. The van der Waals surface area contributed by atoms with Crippen LogP contribution >= 0.6 is 11.3 Å². The zero-order valence-corrected chi connectivity index (χ0v) is 15.3. The van der Waals surface area contributed by atoms with Crippen molar-refractivity contribution in [3.05, 3.63) is 45.6 Å². The minimum Gasteiger partial charge on any atom is -0.493 e. The minimum atomic E-state index is 0.0141. The Kier molecular flexibility index (Phi) is 4.39. The Hall–Kier alpha value is -2.05. The van der Waals surface area contributed by atoms with Crippen LogP contribution in [0.15, 0.2) is 29.6 Å². The van der Waals surface area contributed by atoms with Crippen LogP contribution in [0.1, 0.15) is 20.8 Å². The number of thiophene rings is 1. The first-order valence-corrected chi connectivity index (χ1v) is 9.38. The molecule has 0 N–H and O–H groups in total. The number of ether oxygens (including phenoxy) is 2. The van der Waals surface area contributed by atoms with Gasteiger partial charge in [0.1, 0.15) is 0 Å². The van der Waals surface area contributed by atoms with Gasteiger partial charge in [0, 0.05) is 37.1 Å². The van der Waals surface area contributed by atoms with E-state index in [4.69, 9.17) is 9.47 Å². The zero-order valence-electron chi connectivity index (χ0n) is 14.5. The second-order valence-corrected chi connectivity index (χ2v) is 7.50. The lowest BCUT2D eigenvalue weighted by Crippen LogP contribution is -2.61. The van der Waals surface area contributed by atoms with Crippen molar-refractivity contribution in [1.29, 1.82) is 0 Å². The van der Waals surface area contributed by atoms with E-state index in [2.05, 4.69) is 16.3 Å². The van der Waals surface area contributed by atoms with Crippen LogP contribution in [0.5, 0.6) is 11.5 Å². The molecule has 1 aromatic carbocycles. The highest BCUT2D eigenvalue weighted by Gasteiger charge is 2.37. The Morgan fingerprint density at radius 3 is 2.80 bits per heavy atom. The number of methoxy groups -OCH3 is 2. The quantitative estimate of drug-likeness (QED) is 0.843. The lowest BCUT2D eigenvalue weighted by Gasteiger charge is -2.46. The molecule has 0 radical (unpaired) electrons. The predicted octanol–water partition coefficient (Wildman–Crippen LogP) is 2.65. The van der Waals surface area contributed by atoms with Crippen molar-refractivity contribution < 1.29 is 14.3 Å². The summed E-state index contributed by atoms with van der Waals surface area (Å²) < 4.78 is 10.7. The maximum absolute atomic E-state index is 12.8. The van der Waals surface area contributed by atoms with E-state index in [0.717, 1.165) is 32.6 Å². The van der Waals surface area contributed by atoms with Crippen LogP contribution in [-0.4, -0.2) is 55.6 Å². The summed E-state index contributed by atoms with van der Waals surface area (Å²) >= 11 is 1.86. The molecule has 5 nitrogen and oxygen atoms in total. The Balaban J connectivity index is 1.42. The molecule has 0 unspecified atom stereocenters. The summed E-state index contributed by atoms with van der Waals surface area (Å²) in [5.74, 6) is 1.12. The molecule has 0 saturated carbocycles. The van der Waals surface area contributed by atoms with Gasteiger partial charge in [0.15, 0.2) is 11.5 Å². The van der Waals surface area contributed by atoms with Crippen molar-refractivity contribution in [1.82, 2.24) is 9.80 Å². The number of amides is 1. The predicted molar refractivity (Wildman–Crippen MR) is 97.7 cm³/mol. The van der Waals surface area contributed by atoms with Crippen LogP contribution in [0.2, 0.25) is 0 Å². The summed E-state index contributed by atoms with van der Waals surface area (Å²) in [4.78, 5) is 18.7. The van der Waals surface area contributed by atoms with Gasteiger partial charge in [0.05, 0.1) is 19.8 Å². The van der Waals surface area contributed by atoms with Gasteiger partial charge in [-0.3, -0.25) is 9.69 Å². The third-order valence-electron chi connectivity index (χ3n) is 5.14. The highest BCUT2D eigenvalue weighted by Crippen LogP contribution is 2.33. The summed E-state index contributed by atoms with van der Waals surface area (Å²) in [6.07, 6.45) is 1.13. The SMILES string of the molecule is COc1cccc(C(=O)N2CC(N3CCc4sccc4C3)C2)c1OC. The normalized spacial score (nSPS) is 17.8. The zero-order chi connectivity index (χ0) is 17.4. The standard InChI is InChI=1S/C19H22N2O3S/c1-23-16-5-3-4-15(18(16)24-2)19(22)21-11-14(12-21)20-8-6-17-13(10-20)7-9-25-17/h3-5,7,9,14H,6,8,10-12H2,1-2H3. The molecule has 2 aliphatic rings. The molecule has 25 heavy (non-hydrogen) atoms. The van der Waals surface area contributed by atoms with E-state index in [0.29, 0.717) is 23.1 Å². The van der Waals surface area contributed by atoms with Gasteiger partial charge in [-0.05, 0) is 35.6 Å². The van der Waals surface area contributed by atoms with Gasteiger partial charge in [-0.25, -0.2) is 0 Å². The number of para-hydroxylation sites is 1. The Morgan fingerprint density at radius 1 is 1.20 bits per heavy atom. The summed E-state index contributed by atoms with van der Waals surface area (Å²) in [5.41, 5.74) is 2.02. The second-order valence-electron chi connectivity index (χ2n) is 6.49. The number of rotatable bonds is 4. The number of benzene rings is 1. The summed E-state index contributed by atoms with van der Waals surface area (Å²) in [6.45, 7) is 3.65. The first-order valence-electron chi connectivity index (χ1n) is 8.51. The third kappa shape index (κ3) is 2.89. The molecule has 0 spiro atoms. The molecule has 2 aliphatic heterocycles. The maximum Gasteiger partial charge on any atom is 0.257 e. The molecule has 2 aromatic rings. The number of carbonyl (C=O) groups excluding carboxylic acids is 1. The second kappa shape index (κ2) is 6.69. The fourth-order valence-corrected chi connectivity index (χ4v) is 4.55. The molecule has 3 heterocycles. The molecular weight excluding hydrogens is 336 g/mol. The number of hydrogen-bond donors (Lipinski definition) is 0. The Labute approximate surface area is 151 Å². The van der Waals surface area contributed by atoms with Crippen LogP contribution in [0.4, 0.5) is 0 Å². The molecule has 1 amide bonds. The molecule has 1 saturated heterocycles. The molecule has 1 aromatic heterocycles. The number of fused-ring (bicyclic) bond motifs is 1. The Morgan fingerprint density at radius 2 is 2.04 bits per heavy atom. The van der Waals surface area contributed by atoms with Gasteiger partial charge >= 0.3 is 0 Å². The largest absolute Gasteiger partial charge is 0.493 e. The third-order valence-corrected chi connectivity index (χ3v) is 6.16. The number of hydrogen-bond acceptors (Lipinski definition) is 5. The lowest BCUT2D eigenvalue weighted by molar-refractivity contribution is 0.0218. The maximum atomic E-state index is 12.8. The van der Waals surface area contributed by atoms with E-state index in [-0.39, 0.29) is 5.91 Å². The number of carbonyl (C=O) groups is 1. The monoisotopic (exact) mass is 358 g/mol. The van der Waals surface area contributed by atoms with E-state index in [1.165, 1.54) is 10.4 Å². The van der Waals surface area contributed by atoms with Crippen molar-refractivity contribution in [2.75, 3.05) is 33.9 Å². The average molecular weight is 358 g/mol. The fraction of sp³-hybridized carbons (Fsp3) is 0.421. The van der Waals surface area contributed by atoms with Gasteiger partial charge < -0.3 is 14.4 Å². The first kappa shape index (κ1) is 16.4. The lowest BCUT2D eigenvalue weighted by atomic mass is 10.0. The van der Waals surface area contributed by atoms with Crippen molar-refractivity contribution in [2.24, 2.45) is 0 Å². The van der Waals surface area contributed by atoms with Crippen LogP contribution in [-0.2, 0) is 13.0 Å². The highest BCUT2D eigenvalue weighted by atomic mass is 32.1. The highest BCUT2D eigenvalue weighted by molar-refractivity contribution is 7.10. The Bertz CT molecular complexity index is 783. The van der Waals surface area contributed by atoms with Gasteiger partial charge in [-0.15, -0.1) is 11.3 Å². The van der Waals surface area contributed by atoms with Gasteiger partial charge in [0.2, 0.25) is 0 Å². The molecule has 0 aliphatic carbocycles. The van der Waals surface area contributed by atoms with E-state index in [9.17, 15) is 4.79 Å². The first-order chi connectivity index (χ1) is 12.2. The van der Waals surface area contributed by atoms with E-state index in [1.807, 2.05) is 22.3 Å². The molecule has 132 valence electrons. The van der Waals surface area contributed by atoms with E-state index >= 15 is 0 Å². The van der Waals surface area contributed by atoms with Crippen molar-refractivity contribution >= 4 is 17.2 Å².